The minimum Gasteiger partial charge on any atom is -0.356 e. The SMILES string of the molecule is CC1CC(C)CN(CCCNC(=O)C2CCC3S/C(=C/c4cccc(Cl)c4)C(=O)NC3C2)C1. The summed E-state index contributed by atoms with van der Waals surface area (Å²) in [6, 6.07) is 7.59. The number of nitrogens with one attached hydrogen (secondary N) is 2. The zero-order chi connectivity index (χ0) is 23.4. The molecule has 180 valence electrons. The van der Waals surface area contributed by atoms with Gasteiger partial charge in [0.15, 0.2) is 0 Å². The Morgan fingerprint density at radius 3 is 2.79 bits per heavy atom. The van der Waals surface area contributed by atoms with Crippen molar-refractivity contribution in [3.8, 4) is 0 Å². The minimum atomic E-state index is -0.0488. The van der Waals surface area contributed by atoms with Gasteiger partial charge in [-0.3, -0.25) is 9.59 Å². The van der Waals surface area contributed by atoms with Gasteiger partial charge in [-0.25, -0.2) is 0 Å². The van der Waals surface area contributed by atoms with Gasteiger partial charge in [0.25, 0.3) is 5.91 Å². The average Bonchev–Trinajstić information content (AvgIpc) is 2.76. The fourth-order valence-corrected chi connectivity index (χ4v) is 7.10. The number of benzene rings is 1. The van der Waals surface area contributed by atoms with Crippen LogP contribution in [0.2, 0.25) is 5.02 Å². The number of fused-ring (bicyclic) bond motifs is 1. The predicted molar refractivity (Wildman–Crippen MR) is 137 cm³/mol. The highest BCUT2D eigenvalue weighted by Crippen LogP contribution is 2.40. The Kier molecular flexibility index (Phi) is 8.42. The second kappa shape index (κ2) is 11.3. The summed E-state index contributed by atoms with van der Waals surface area (Å²) < 4.78 is 0. The molecule has 1 aliphatic carbocycles. The molecule has 0 bridgehead atoms. The summed E-state index contributed by atoms with van der Waals surface area (Å²) in [5, 5.41) is 7.30. The summed E-state index contributed by atoms with van der Waals surface area (Å²) in [5.41, 5.74) is 0.931. The Morgan fingerprint density at radius 2 is 2.03 bits per heavy atom. The van der Waals surface area contributed by atoms with E-state index in [0.29, 0.717) is 10.3 Å². The third-order valence-corrected chi connectivity index (χ3v) is 8.68. The summed E-state index contributed by atoms with van der Waals surface area (Å²) in [6.45, 7) is 8.80. The minimum absolute atomic E-state index is 0.0133. The molecule has 2 saturated heterocycles. The lowest BCUT2D eigenvalue weighted by atomic mass is 9.84. The maximum absolute atomic E-state index is 12.8. The summed E-state index contributed by atoms with van der Waals surface area (Å²) >= 11 is 7.72. The molecule has 7 heteroatoms. The number of carbonyl (C=O) groups excluding carboxylic acids is 2. The molecule has 5 atom stereocenters. The molecule has 1 saturated carbocycles. The first-order valence-electron chi connectivity index (χ1n) is 12.3. The Morgan fingerprint density at radius 1 is 1.24 bits per heavy atom. The fourth-order valence-electron chi connectivity index (χ4n) is 5.61. The van der Waals surface area contributed by atoms with E-state index >= 15 is 0 Å². The highest BCUT2D eigenvalue weighted by molar-refractivity contribution is 8.04. The first kappa shape index (κ1) is 24.6. The van der Waals surface area contributed by atoms with Gasteiger partial charge >= 0.3 is 0 Å². The lowest BCUT2D eigenvalue weighted by Crippen LogP contribution is -2.51. The molecule has 2 amide bonds. The molecule has 2 N–H and O–H groups in total. The summed E-state index contributed by atoms with van der Waals surface area (Å²) in [7, 11) is 0. The van der Waals surface area contributed by atoms with Crippen LogP contribution in [0.15, 0.2) is 29.2 Å². The second-order valence-electron chi connectivity index (χ2n) is 10.2. The molecule has 3 fully saturated rings. The number of piperidine rings is 1. The molecular formula is C26H36ClN3O2S. The van der Waals surface area contributed by atoms with Gasteiger partial charge in [0, 0.05) is 41.9 Å². The Hall–Kier alpha value is -1.50. The van der Waals surface area contributed by atoms with Crippen LogP contribution in [0.5, 0.6) is 0 Å². The van der Waals surface area contributed by atoms with Crippen LogP contribution < -0.4 is 10.6 Å². The first-order chi connectivity index (χ1) is 15.9. The van der Waals surface area contributed by atoms with E-state index < -0.39 is 0 Å². The number of rotatable bonds is 6. The van der Waals surface area contributed by atoms with Crippen molar-refractivity contribution in [2.24, 2.45) is 17.8 Å². The largest absolute Gasteiger partial charge is 0.356 e. The van der Waals surface area contributed by atoms with Crippen molar-refractivity contribution in [1.29, 1.82) is 0 Å². The molecule has 0 aromatic heterocycles. The lowest BCUT2D eigenvalue weighted by Gasteiger charge is -2.39. The number of thioether (sulfide) groups is 1. The Balaban J connectivity index is 1.22. The van der Waals surface area contributed by atoms with Crippen molar-refractivity contribution in [2.45, 2.75) is 57.2 Å². The number of hydrogen-bond donors (Lipinski definition) is 2. The summed E-state index contributed by atoms with van der Waals surface area (Å²) in [6.07, 6.45) is 6.76. The van der Waals surface area contributed by atoms with Crippen molar-refractivity contribution in [2.75, 3.05) is 26.2 Å². The monoisotopic (exact) mass is 489 g/mol. The van der Waals surface area contributed by atoms with E-state index in [9.17, 15) is 9.59 Å². The van der Waals surface area contributed by atoms with Gasteiger partial charge in [-0.2, -0.15) is 0 Å². The van der Waals surface area contributed by atoms with E-state index in [1.165, 1.54) is 19.5 Å². The molecule has 2 aliphatic heterocycles. The van der Waals surface area contributed by atoms with Gasteiger partial charge in [-0.1, -0.05) is 37.6 Å². The van der Waals surface area contributed by atoms with Crippen molar-refractivity contribution in [3.05, 3.63) is 39.8 Å². The highest BCUT2D eigenvalue weighted by Gasteiger charge is 2.39. The maximum atomic E-state index is 12.8. The quantitative estimate of drug-likeness (QED) is 0.454. The number of amides is 2. The number of carbonyl (C=O) groups is 2. The molecule has 2 heterocycles. The highest BCUT2D eigenvalue weighted by atomic mass is 35.5. The Bertz CT molecular complexity index is 882. The zero-order valence-electron chi connectivity index (χ0n) is 19.7. The molecule has 0 spiro atoms. The molecule has 1 aromatic rings. The van der Waals surface area contributed by atoms with Crippen LogP contribution in [0, 0.1) is 17.8 Å². The average molecular weight is 490 g/mol. The molecule has 5 unspecified atom stereocenters. The Labute approximate surface area is 207 Å². The van der Waals surface area contributed by atoms with E-state index in [4.69, 9.17) is 11.6 Å². The van der Waals surface area contributed by atoms with Crippen molar-refractivity contribution in [3.63, 3.8) is 0 Å². The van der Waals surface area contributed by atoms with Gasteiger partial charge in [0.2, 0.25) is 5.91 Å². The smallest absolute Gasteiger partial charge is 0.257 e. The topological polar surface area (TPSA) is 61.4 Å². The van der Waals surface area contributed by atoms with Crippen LogP contribution in [0.1, 0.15) is 51.5 Å². The van der Waals surface area contributed by atoms with Crippen molar-refractivity contribution < 1.29 is 9.59 Å². The van der Waals surface area contributed by atoms with E-state index in [1.54, 1.807) is 11.8 Å². The molecule has 3 aliphatic rings. The van der Waals surface area contributed by atoms with E-state index in [1.807, 2.05) is 30.3 Å². The molecule has 33 heavy (non-hydrogen) atoms. The number of halogens is 1. The third kappa shape index (κ3) is 6.77. The standard InChI is InChI=1S/C26H36ClN3O2S/c1-17-11-18(2)16-30(15-17)10-4-9-28-25(31)20-7-8-23-22(14-20)29-26(32)24(33-23)13-19-5-3-6-21(27)12-19/h3,5-6,12-13,17-18,20,22-23H,4,7-11,14-16H2,1-2H3,(H,28,31)(H,29,32)/b24-13+. The van der Waals surface area contributed by atoms with Crippen LogP contribution in [-0.4, -0.2) is 54.2 Å². The van der Waals surface area contributed by atoms with Crippen LogP contribution in [-0.2, 0) is 9.59 Å². The number of hydrogen-bond acceptors (Lipinski definition) is 4. The first-order valence-corrected chi connectivity index (χ1v) is 13.6. The van der Waals surface area contributed by atoms with Crippen LogP contribution in [0.3, 0.4) is 0 Å². The second-order valence-corrected chi connectivity index (χ2v) is 11.9. The van der Waals surface area contributed by atoms with E-state index in [2.05, 4.69) is 29.4 Å². The van der Waals surface area contributed by atoms with E-state index in [-0.39, 0.29) is 23.8 Å². The van der Waals surface area contributed by atoms with E-state index in [0.717, 1.165) is 61.1 Å². The maximum Gasteiger partial charge on any atom is 0.257 e. The van der Waals surface area contributed by atoms with Crippen molar-refractivity contribution in [1.82, 2.24) is 15.5 Å². The summed E-state index contributed by atoms with van der Waals surface area (Å²) in [4.78, 5) is 28.7. The van der Waals surface area contributed by atoms with Crippen molar-refractivity contribution >= 4 is 41.3 Å². The predicted octanol–water partition coefficient (Wildman–Crippen LogP) is 4.57. The third-order valence-electron chi connectivity index (χ3n) is 7.02. The summed E-state index contributed by atoms with van der Waals surface area (Å²) in [5.74, 6) is 1.62. The van der Waals surface area contributed by atoms with Gasteiger partial charge in [0.05, 0.1) is 4.91 Å². The van der Waals surface area contributed by atoms with Gasteiger partial charge in [-0.05, 0) is 74.3 Å². The van der Waals surface area contributed by atoms with Crippen LogP contribution >= 0.6 is 23.4 Å². The van der Waals surface area contributed by atoms with Gasteiger partial charge < -0.3 is 15.5 Å². The zero-order valence-corrected chi connectivity index (χ0v) is 21.3. The molecule has 4 rings (SSSR count). The molecule has 1 aromatic carbocycles. The van der Waals surface area contributed by atoms with Gasteiger partial charge in [-0.15, -0.1) is 11.8 Å². The number of likely N-dealkylation sites (tertiary alicyclic amines) is 1. The molecule has 0 radical (unpaired) electrons. The van der Waals surface area contributed by atoms with Crippen LogP contribution in [0.4, 0.5) is 0 Å². The lowest BCUT2D eigenvalue weighted by molar-refractivity contribution is -0.127. The molecule has 5 nitrogen and oxygen atoms in total. The molecular weight excluding hydrogens is 454 g/mol. The fraction of sp³-hybridized carbons (Fsp3) is 0.615. The van der Waals surface area contributed by atoms with Gasteiger partial charge in [0.1, 0.15) is 0 Å². The number of nitrogens with zero attached hydrogens (tertiary/aromatic N) is 1. The van der Waals surface area contributed by atoms with Crippen LogP contribution in [0.25, 0.3) is 6.08 Å². The normalized spacial score (nSPS) is 31.7.